The number of carboxylic acids is 1. The first-order valence-electron chi connectivity index (χ1n) is 6.24. The van der Waals surface area contributed by atoms with E-state index in [1.54, 1.807) is 0 Å². The summed E-state index contributed by atoms with van der Waals surface area (Å²) in [4.78, 5) is 32.8. The summed E-state index contributed by atoms with van der Waals surface area (Å²) in [7, 11) is 1.09. The second-order valence-corrected chi connectivity index (χ2v) is 4.52. The Morgan fingerprint density at radius 2 is 1.87 bits per heavy atom. The van der Waals surface area contributed by atoms with Gasteiger partial charge in [0.05, 0.1) is 23.2 Å². The number of carboxylic acid groups (broad SMARTS) is 1. The number of methoxy groups -OCH3 is 1. The summed E-state index contributed by atoms with van der Waals surface area (Å²) in [5.74, 6) is -3.07. The van der Waals surface area contributed by atoms with E-state index in [0.717, 1.165) is 31.4 Å². The van der Waals surface area contributed by atoms with Gasteiger partial charge in [-0.3, -0.25) is 10.1 Å². The fraction of sp³-hybridized carbons (Fsp3) is 0.0667. The molecule has 0 bridgehead atoms. The maximum atomic E-state index is 13.6. The minimum Gasteiger partial charge on any atom is -0.478 e. The number of carbonyl (C=O) groups excluding carboxylic acids is 1. The van der Waals surface area contributed by atoms with Gasteiger partial charge in [-0.05, 0) is 29.3 Å². The number of carbonyl (C=O) groups is 2. The predicted molar refractivity (Wildman–Crippen MR) is 76.8 cm³/mol. The third kappa shape index (κ3) is 3.31. The minimum absolute atomic E-state index is 0.168. The van der Waals surface area contributed by atoms with Crippen LogP contribution in [0, 0.1) is 15.9 Å². The summed E-state index contributed by atoms with van der Waals surface area (Å²) in [5.41, 5.74) is -0.657. The Morgan fingerprint density at radius 3 is 2.43 bits per heavy atom. The van der Waals surface area contributed by atoms with E-state index in [0.29, 0.717) is 0 Å². The van der Waals surface area contributed by atoms with Gasteiger partial charge >= 0.3 is 11.9 Å². The van der Waals surface area contributed by atoms with E-state index < -0.39 is 28.4 Å². The van der Waals surface area contributed by atoms with Crippen molar-refractivity contribution in [1.82, 2.24) is 0 Å². The lowest BCUT2D eigenvalue weighted by Crippen LogP contribution is -2.05. The lowest BCUT2D eigenvalue weighted by molar-refractivity contribution is -0.384. The number of nitro groups is 1. The van der Waals surface area contributed by atoms with Crippen LogP contribution in [0.2, 0.25) is 0 Å². The summed E-state index contributed by atoms with van der Waals surface area (Å²) in [6.45, 7) is 0. The van der Waals surface area contributed by atoms with Crippen LogP contribution < -0.4 is 0 Å². The van der Waals surface area contributed by atoms with Crippen LogP contribution in [0.1, 0.15) is 20.7 Å². The highest BCUT2D eigenvalue weighted by molar-refractivity contribution is 5.93. The van der Waals surface area contributed by atoms with E-state index in [1.165, 1.54) is 12.1 Å². The second kappa shape index (κ2) is 6.22. The first kappa shape index (κ1) is 16.1. The molecule has 0 saturated carbocycles. The van der Waals surface area contributed by atoms with Crippen LogP contribution in [0.5, 0.6) is 0 Å². The number of halogens is 1. The van der Waals surface area contributed by atoms with Gasteiger partial charge in [0, 0.05) is 12.1 Å². The van der Waals surface area contributed by atoms with Gasteiger partial charge in [-0.2, -0.15) is 0 Å². The van der Waals surface area contributed by atoms with Crippen LogP contribution in [0.15, 0.2) is 36.4 Å². The van der Waals surface area contributed by atoms with Gasteiger partial charge in [-0.1, -0.05) is 6.07 Å². The van der Waals surface area contributed by atoms with Gasteiger partial charge in [-0.25, -0.2) is 14.0 Å². The quantitative estimate of drug-likeness (QED) is 0.527. The molecule has 0 aliphatic carbocycles. The second-order valence-electron chi connectivity index (χ2n) is 4.52. The lowest BCUT2D eigenvalue weighted by atomic mass is 10.00. The zero-order valence-electron chi connectivity index (χ0n) is 11.8. The zero-order chi connectivity index (χ0) is 17.1. The number of nitrogens with zero attached hydrogens (tertiary/aromatic N) is 1. The molecule has 118 valence electrons. The van der Waals surface area contributed by atoms with Crippen molar-refractivity contribution in [2.45, 2.75) is 0 Å². The summed E-state index contributed by atoms with van der Waals surface area (Å²) < 4.78 is 18.1. The van der Waals surface area contributed by atoms with Crippen molar-refractivity contribution in [2.24, 2.45) is 0 Å². The van der Waals surface area contributed by atoms with E-state index in [9.17, 15) is 24.1 Å². The number of rotatable bonds is 4. The Hall–Kier alpha value is -3.29. The molecule has 0 aliphatic heterocycles. The number of esters is 1. The molecule has 0 fully saturated rings. The minimum atomic E-state index is -1.34. The molecule has 0 saturated heterocycles. The van der Waals surface area contributed by atoms with Crippen molar-refractivity contribution in [3.63, 3.8) is 0 Å². The highest BCUT2D eigenvalue weighted by Crippen LogP contribution is 2.28. The van der Waals surface area contributed by atoms with Crippen molar-refractivity contribution in [1.29, 1.82) is 0 Å². The normalized spacial score (nSPS) is 10.2. The number of aromatic carboxylic acids is 1. The van der Waals surface area contributed by atoms with E-state index in [2.05, 4.69) is 4.74 Å². The van der Waals surface area contributed by atoms with E-state index in [1.807, 2.05) is 0 Å². The number of non-ortho nitro benzene ring substituents is 1. The molecule has 0 radical (unpaired) electrons. The molecule has 23 heavy (non-hydrogen) atoms. The first-order chi connectivity index (χ1) is 10.8. The molecule has 7 nitrogen and oxygen atoms in total. The molecular formula is C15H10FNO6. The van der Waals surface area contributed by atoms with Crippen molar-refractivity contribution in [2.75, 3.05) is 7.11 Å². The Labute approximate surface area is 129 Å². The average Bonchev–Trinajstić information content (AvgIpc) is 2.54. The van der Waals surface area contributed by atoms with E-state index in [4.69, 9.17) is 5.11 Å². The molecule has 2 aromatic carbocycles. The lowest BCUT2D eigenvalue weighted by Gasteiger charge is -2.07. The Kier molecular flexibility index (Phi) is 4.35. The molecular weight excluding hydrogens is 309 g/mol. The van der Waals surface area contributed by atoms with Crippen LogP contribution in [-0.2, 0) is 4.74 Å². The number of benzene rings is 2. The molecule has 0 atom stereocenters. The summed E-state index contributed by atoms with van der Waals surface area (Å²) >= 11 is 0. The molecule has 2 rings (SSSR count). The highest BCUT2D eigenvalue weighted by Gasteiger charge is 2.17. The van der Waals surface area contributed by atoms with Crippen molar-refractivity contribution < 1.29 is 28.7 Å². The fourth-order valence-electron chi connectivity index (χ4n) is 1.98. The highest BCUT2D eigenvalue weighted by atomic mass is 19.1. The largest absolute Gasteiger partial charge is 0.478 e. The first-order valence-corrected chi connectivity index (χ1v) is 6.24. The maximum Gasteiger partial charge on any atom is 0.340 e. The monoisotopic (exact) mass is 319 g/mol. The number of nitro benzene ring substituents is 1. The Morgan fingerprint density at radius 1 is 1.17 bits per heavy atom. The number of ether oxygens (including phenoxy) is 1. The summed E-state index contributed by atoms with van der Waals surface area (Å²) in [5, 5.41) is 19.9. The predicted octanol–water partition coefficient (Wildman–Crippen LogP) is 2.89. The van der Waals surface area contributed by atoms with Crippen molar-refractivity contribution >= 4 is 17.6 Å². The number of hydrogen-bond acceptors (Lipinski definition) is 5. The van der Waals surface area contributed by atoms with Crippen LogP contribution in [0.25, 0.3) is 11.1 Å². The maximum absolute atomic E-state index is 13.6. The van der Waals surface area contributed by atoms with Gasteiger partial charge < -0.3 is 9.84 Å². The fourth-order valence-corrected chi connectivity index (χ4v) is 1.98. The smallest absolute Gasteiger partial charge is 0.340 e. The molecule has 0 unspecified atom stereocenters. The standard InChI is InChI=1S/C15H10FNO6/c1-23-15(20)12-7-8(2-3-13(12)16)9-4-10(14(18)19)6-11(5-9)17(21)22/h2-7H,1H3,(H,18,19). The van der Waals surface area contributed by atoms with Crippen LogP contribution in [0.3, 0.4) is 0 Å². The van der Waals surface area contributed by atoms with E-state index in [-0.39, 0.29) is 22.3 Å². The molecule has 0 spiro atoms. The SMILES string of the molecule is COC(=O)c1cc(-c2cc(C(=O)O)cc([N+](=O)[O-])c2)ccc1F. The Balaban J connectivity index is 2.64. The van der Waals surface area contributed by atoms with Gasteiger partial charge in [0.25, 0.3) is 5.69 Å². The molecule has 0 aliphatic rings. The van der Waals surface area contributed by atoms with Gasteiger partial charge in [0.1, 0.15) is 5.82 Å². The molecule has 0 amide bonds. The third-order valence-corrected chi connectivity index (χ3v) is 3.08. The molecule has 0 heterocycles. The number of hydrogen-bond donors (Lipinski definition) is 1. The topological polar surface area (TPSA) is 107 Å². The van der Waals surface area contributed by atoms with Gasteiger partial charge in [0.15, 0.2) is 0 Å². The summed E-state index contributed by atoms with van der Waals surface area (Å²) in [6, 6.07) is 6.68. The van der Waals surface area contributed by atoms with E-state index >= 15 is 0 Å². The third-order valence-electron chi connectivity index (χ3n) is 3.08. The molecule has 8 heteroatoms. The van der Waals surface area contributed by atoms with Crippen LogP contribution in [0.4, 0.5) is 10.1 Å². The molecule has 0 aromatic heterocycles. The average molecular weight is 319 g/mol. The Bertz CT molecular complexity index is 785. The van der Waals surface area contributed by atoms with Crippen LogP contribution >= 0.6 is 0 Å². The van der Waals surface area contributed by atoms with Gasteiger partial charge in [0.2, 0.25) is 0 Å². The van der Waals surface area contributed by atoms with Crippen molar-refractivity contribution in [3.8, 4) is 11.1 Å². The van der Waals surface area contributed by atoms with Crippen molar-refractivity contribution in [3.05, 3.63) is 63.5 Å². The van der Waals surface area contributed by atoms with Crippen LogP contribution in [-0.4, -0.2) is 29.1 Å². The zero-order valence-corrected chi connectivity index (χ0v) is 11.8. The summed E-state index contributed by atoms with van der Waals surface area (Å²) in [6.07, 6.45) is 0. The molecule has 2 aromatic rings. The molecule has 1 N–H and O–H groups in total. The van der Waals surface area contributed by atoms with Gasteiger partial charge in [-0.15, -0.1) is 0 Å².